The lowest BCUT2D eigenvalue weighted by atomic mass is 10.0. The van der Waals surface area contributed by atoms with Gasteiger partial charge in [-0.05, 0) is 40.4 Å². The topological polar surface area (TPSA) is 68.3 Å². The van der Waals surface area contributed by atoms with Crippen LogP contribution in [0.25, 0.3) is 0 Å². The zero-order valence-electron chi connectivity index (χ0n) is 14.4. The maximum absolute atomic E-state index is 12.4. The van der Waals surface area contributed by atoms with Crippen LogP contribution in [0, 0.1) is 5.92 Å². The third-order valence-corrected chi connectivity index (χ3v) is 5.32. The van der Waals surface area contributed by atoms with E-state index < -0.39 is 12.0 Å². The molecule has 0 unspecified atom stereocenters. The summed E-state index contributed by atoms with van der Waals surface area (Å²) in [5.74, 6) is -0.868. The van der Waals surface area contributed by atoms with Crippen molar-refractivity contribution in [2.75, 3.05) is 0 Å². The van der Waals surface area contributed by atoms with Crippen molar-refractivity contribution in [3.63, 3.8) is 0 Å². The first-order valence-corrected chi connectivity index (χ1v) is 9.75. The first-order chi connectivity index (χ1) is 11.9. The first kappa shape index (κ1) is 19.6. The van der Waals surface area contributed by atoms with E-state index >= 15 is 0 Å². The lowest BCUT2D eigenvalue weighted by Gasteiger charge is -2.21. The number of thiazole rings is 1. The van der Waals surface area contributed by atoms with Crippen molar-refractivity contribution in [3.05, 3.63) is 50.4 Å². The molecule has 0 saturated heterocycles. The Hall–Kier alpha value is -1.73. The SMILES string of the molecule is CCc1nc(COC(=O)[C@@H](NC(=O)c2ccccc2Br)C(C)C)cs1. The molecule has 0 spiro atoms. The van der Waals surface area contributed by atoms with Gasteiger partial charge in [-0.2, -0.15) is 0 Å². The van der Waals surface area contributed by atoms with Gasteiger partial charge in [-0.15, -0.1) is 11.3 Å². The van der Waals surface area contributed by atoms with Gasteiger partial charge in [-0.1, -0.05) is 32.9 Å². The molecular formula is C18H21BrN2O3S. The molecule has 0 aliphatic carbocycles. The van der Waals surface area contributed by atoms with Crippen molar-refractivity contribution in [1.82, 2.24) is 10.3 Å². The molecule has 0 fully saturated rings. The smallest absolute Gasteiger partial charge is 0.329 e. The number of aromatic nitrogens is 1. The van der Waals surface area contributed by atoms with E-state index in [1.54, 1.807) is 29.5 Å². The summed E-state index contributed by atoms with van der Waals surface area (Å²) in [4.78, 5) is 29.2. The molecule has 0 aliphatic rings. The van der Waals surface area contributed by atoms with Gasteiger partial charge < -0.3 is 10.1 Å². The molecule has 1 N–H and O–H groups in total. The van der Waals surface area contributed by atoms with Gasteiger partial charge in [0.05, 0.1) is 16.3 Å². The van der Waals surface area contributed by atoms with Crippen LogP contribution in [0.3, 0.4) is 0 Å². The van der Waals surface area contributed by atoms with Gasteiger partial charge in [0, 0.05) is 9.85 Å². The number of nitrogens with zero attached hydrogens (tertiary/aromatic N) is 1. The summed E-state index contributed by atoms with van der Waals surface area (Å²) < 4.78 is 6.03. The summed E-state index contributed by atoms with van der Waals surface area (Å²) in [6.45, 7) is 5.87. The molecule has 1 amide bonds. The van der Waals surface area contributed by atoms with Gasteiger partial charge in [-0.3, -0.25) is 4.79 Å². The zero-order chi connectivity index (χ0) is 18.4. The minimum absolute atomic E-state index is 0.0967. The van der Waals surface area contributed by atoms with E-state index in [0.717, 1.165) is 17.1 Å². The average molecular weight is 425 g/mol. The second kappa shape index (κ2) is 9.10. The number of hydrogen-bond acceptors (Lipinski definition) is 5. The summed E-state index contributed by atoms with van der Waals surface area (Å²) >= 11 is 4.90. The molecule has 2 rings (SSSR count). The number of nitrogens with one attached hydrogen (secondary N) is 1. The average Bonchev–Trinajstić information content (AvgIpc) is 3.05. The van der Waals surface area contributed by atoms with Crippen LogP contribution in [0.4, 0.5) is 0 Å². The second-order valence-corrected chi connectivity index (χ2v) is 7.67. The molecule has 2 aromatic rings. The summed E-state index contributed by atoms with van der Waals surface area (Å²) in [6.07, 6.45) is 0.856. The summed E-state index contributed by atoms with van der Waals surface area (Å²) in [5.41, 5.74) is 1.21. The zero-order valence-corrected chi connectivity index (χ0v) is 16.8. The van der Waals surface area contributed by atoms with Crippen molar-refractivity contribution in [2.24, 2.45) is 5.92 Å². The largest absolute Gasteiger partial charge is 0.458 e. The number of benzene rings is 1. The van der Waals surface area contributed by atoms with Gasteiger partial charge in [0.2, 0.25) is 0 Å². The Morgan fingerprint density at radius 1 is 1.32 bits per heavy atom. The molecule has 1 aromatic carbocycles. The number of esters is 1. The Balaban J connectivity index is 2.00. The van der Waals surface area contributed by atoms with Gasteiger partial charge in [0.1, 0.15) is 12.6 Å². The van der Waals surface area contributed by atoms with Crippen molar-refractivity contribution in [2.45, 2.75) is 39.8 Å². The number of aryl methyl sites for hydroxylation is 1. The van der Waals surface area contributed by atoms with E-state index in [2.05, 4.69) is 26.2 Å². The molecule has 7 heteroatoms. The maximum atomic E-state index is 12.4. The Morgan fingerprint density at radius 2 is 2.04 bits per heavy atom. The highest BCUT2D eigenvalue weighted by Crippen LogP contribution is 2.17. The van der Waals surface area contributed by atoms with Crippen LogP contribution in [-0.4, -0.2) is 22.9 Å². The third kappa shape index (κ3) is 5.37. The molecule has 0 aliphatic heterocycles. The maximum Gasteiger partial charge on any atom is 0.329 e. The van der Waals surface area contributed by atoms with E-state index in [4.69, 9.17) is 4.74 Å². The normalized spacial score (nSPS) is 12.0. The van der Waals surface area contributed by atoms with Gasteiger partial charge in [0.25, 0.3) is 5.91 Å². The number of rotatable bonds is 7. The van der Waals surface area contributed by atoms with Gasteiger partial charge in [-0.25, -0.2) is 9.78 Å². The van der Waals surface area contributed by atoms with Crippen molar-refractivity contribution >= 4 is 39.1 Å². The summed E-state index contributed by atoms with van der Waals surface area (Å²) in [5, 5.41) is 5.66. The Labute approximate surface area is 159 Å². The van der Waals surface area contributed by atoms with E-state index in [9.17, 15) is 9.59 Å². The van der Waals surface area contributed by atoms with Crippen LogP contribution in [0.2, 0.25) is 0 Å². The van der Waals surface area contributed by atoms with Crippen LogP contribution in [0.1, 0.15) is 41.8 Å². The molecule has 1 atom stereocenters. The second-order valence-electron chi connectivity index (χ2n) is 5.87. The molecule has 25 heavy (non-hydrogen) atoms. The number of ether oxygens (including phenoxy) is 1. The fourth-order valence-electron chi connectivity index (χ4n) is 2.17. The number of carbonyl (C=O) groups is 2. The van der Waals surface area contributed by atoms with E-state index in [1.165, 1.54) is 0 Å². The molecule has 0 bridgehead atoms. The lowest BCUT2D eigenvalue weighted by Crippen LogP contribution is -2.45. The molecule has 134 valence electrons. The van der Waals surface area contributed by atoms with Crippen molar-refractivity contribution < 1.29 is 14.3 Å². The van der Waals surface area contributed by atoms with Crippen molar-refractivity contribution in [3.8, 4) is 0 Å². The predicted octanol–water partition coefficient (Wildman–Crippen LogP) is 3.97. The van der Waals surface area contributed by atoms with E-state index in [-0.39, 0.29) is 18.4 Å². The number of hydrogen-bond donors (Lipinski definition) is 1. The molecule has 0 radical (unpaired) electrons. The van der Waals surface area contributed by atoms with Crippen LogP contribution < -0.4 is 5.32 Å². The fourth-order valence-corrected chi connectivity index (χ4v) is 3.37. The van der Waals surface area contributed by atoms with Gasteiger partial charge in [0.15, 0.2) is 0 Å². The number of amides is 1. The van der Waals surface area contributed by atoms with E-state index in [1.807, 2.05) is 32.2 Å². The highest BCUT2D eigenvalue weighted by molar-refractivity contribution is 9.10. The minimum atomic E-state index is -0.719. The monoisotopic (exact) mass is 424 g/mol. The molecule has 1 aromatic heterocycles. The van der Waals surface area contributed by atoms with Crippen LogP contribution in [-0.2, 0) is 22.6 Å². The third-order valence-electron chi connectivity index (χ3n) is 3.59. The Bertz CT molecular complexity index is 745. The fraction of sp³-hybridized carbons (Fsp3) is 0.389. The highest BCUT2D eigenvalue weighted by Gasteiger charge is 2.27. The highest BCUT2D eigenvalue weighted by atomic mass is 79.9. The standard InChI is InChI=1S/C18H21BrN2O3S/c1-4-15-20-12(10-25-15)9-24-18(23)16(11(2)3)21-17(22)13-7-5-6-8-14(13)19/h5-8,10-11,16H,4,9H2,1-3H3,(H,21,22)/t16-/m0/s1. The van der Waals surface area contributed by atoms with E-state index in [0.29, 0.717) is 10.0 Å². The Kier molecular flexibility index (Phi) is 7.13. The molecular weight excluding hydrogens is 404 g/mol. The van der Waals surface area contributed by atoms with Crippen molar-refractivity contribution in [1.29, 1.82) is 0 Å². The number of halogens is 1. The quantitative estimate of drug-likeness (QED) is 0.682. The minimum Gasteiger partial charge on any atom is -0.458 e. The van der Waals surface area contributed by atoms with Crippen LogP contribution in [0.5, 0.6) is 0 Å². The number of carbonyl (C=O) groups excluding carboxylic acids is 2. The lowest BCUT2D eigenvalue weighted by molar-refractivity contribution is -0.148. The summed E-state index contributed by atoms with van der Waals surface area (Å²) in [6, 6.07) is 6.36. The Morgan fingerprint density at radius 3 is 2.64 bits per heavy atom. The summed E-state index contributed by atoms with van der Waals surface area (Å²) in [7, 11) is 0. The molecule has 1 heterocycles. The van der Waals surface area contributed by atoms with Crippen LogP contribution in [0.15, 0.2) is 34.1 Å². The molecule has 0 saturated carbocycles. The first-order valence-electron chi connectivity index (χ1n) is 8.07. The molecule has 5 nitrogen and oxygen atoms in total. The van der Waals surface area contributed by atoms with Gasteiger partial charge >= 0.3 is 5.97 Å². The predicted molar refractivity (Wildman–Crippen MR) is 102 cm³/mol. The van der Waals surface area contributed by atoms with Crippen LogP contribution >= 0.6 is 27.3 Å².